The van der Waals surface area contributed by atoms with E-state index in [1.807, 2.05) is 45.0 Å². The van der Waals surface area contributed by atoms with Crippen molar-refractivity contribution in [1.29, 1.82) is 0 Å². The Morgan fingerprint density at radius 3 is 2.55 bits per heavy atom. The number of carbonyl (C=O) groups is 1. The van der Waals surface area contributed by atoms with Gasteiger partial charge in [0, 0.05) is 10.7 Å². The molecule has 0 saturated carbocycles. The van der Waals surface area contributed by atoms with E-state index in [1.54, 1.807) is 19.1 Å². The molecule has 0 spiro atoms. The number of hydrogen-bond donors (Lipinski definition) is 1. The third-order valence-corrected chi connectivity index (χ3v) is 4.10. The quantitative estimate of drug-likeness (QED) is 0.889. The summed E-state index contributed by atoms with van der Waals surface area (Å²) in [5.41, 5.74) is 3.87. The average molecular weight is 318 g/mol. The van der Waals surface area contributed by atoms with Crippen LogP contribution in [0.3, 0.4) is 0 Å². The first-order valence-corrected chi connectivity index (χ1v) is 7.56. The van der Waals surface area contributed by atoms with E-state index in [0.717, 1.165) is 11.1 Å². The Bertz CT molecular complexity index is 697. The van der Waals surface area contributed by atoms with Gasteiger partial charge in [-0.25, -0.2) is 0 Å². The van der Waals surface area contributed by atoms with Gasteiger partial charge in [-0.1, -0.05) is 23.7 Å². The highest BCUT2D eigenvalue weighted by molar-refractivity contribution is 6.31. The number of halogens is 1. The van der Waals surface area contributed by atoms with E-state index in [9.17, 15) is 4.79 Å². The summed E-state index contributed by atoms with van der Waals surface area (Å²) < 4.78 is 5.71. The zero-order chi connectivity index (χ0) is 16.3. The van der Waals surface area contributed by atoms with Gasteiger partial charge in [-0.2, -0.15) is 0 Å². The highest BCUT2D eigenvalue weighted by atomic mass is 35.5. The first kappa shape index (κ1) is 16.4. The standard InChI is InChI=1S/C18H20ClNO2/c1-11-8-9-15(10-12(11)2)22-14(4)18(21)20-17-7-5-6-16(19)13(17)3/h5-10,14H,1-4H3,(H,20,21)/t14-/m0/s1. The molecule has 0 aliphatic rings. The maximum atomic E-state index is 12.3. The summed E-state index contributed by atoms with van der Waals surface area (Å²) in [6.45, 7) is 7.65. The minimum absolute atomic E-state index is 0.205. The molecular weight excluding hydrogens is 298 g/mol. The van der Waals surface area contributed by atoms with Gasteiger partial charge in [-0.15, -0.1) is 0 Å². The molecule has 2 rings (SSSR count). The van der Waals surface area contributed by atoms with Crippen molar-refractivity contribution in [2.45, 2.75) is 33.8 Å². The fourth-order valence-corrected chi connectivity index (χ4v) is 2.20. The van der Waals surface area contributed by atoms with Gasteiger partial charge in [-0.05, 0) is 68.7 Å². The number of carbonyl (C=O) groups excluding carboxylic acids is 1. The van der Waals surface area contributed by atoms with Crippen LogP contribution >= 0.6 is 11.6 Å². The minimum atomic E-state index is -0.597. The lowest BCUT2D eigenvalue weighted by molar-refractivity contribution is -0.122. The Balaban J connectivity index is 2.06. The Morgan fingerprint density at radius 2 is 1.86 bits per heavy atom. The minimum Gasteiger partial charge on any atom is -0.481 e. The van der Waals surface area contributed by atoms with E-state index in [1.165, 1.54) is 5.56 Å². The molecule has 1 N–H and O–H groups in total. The third kappa shape index (κ3) is 3.80. The maximum absolute atomic E-state index is 12.3. The number of ether oxygens (including phenoxy) is 1. The van der Waals surface area contributed by atoms with Crippen molar-refractivity contribution in [2.24, 2.45) is 0 Å². The van der Waals surface area contributed by atoms with Gasteiger partial charge in [0.2, 0.25) is 0 Å². The fraction of sp³-hybridized carbons (Fsp3) is 0.278. The third-order valence-electron chi connectivity index (χ3n) is 3.69. The Hall–Kier alpha value is -2.00. The SMILES string of the molecule is Cc1ccc(O[C@@H](C)C(=O)Nc2cccc(Cl)c2C)cc1C. The molecule has 0 aromatic heterocycles. The maximum Gasteiger partial charge on any atom is 0.265 e. The largest absolute Gasteiger partial charge is 0.481 e. The molecule has 0 bridgehead atoms. The van der Waals surface area contributed by atoms with E-state index in [0.29, 0.717) is 16.5 Å². The van der Waals surface area contributed by atoms with E-state index >= 15 is 0 Å². The van der Waals surface area contributed by atoms with Gasteiger partial charge in [0.25, 0.3) is 5.91 Å². The van der Waals surface area contributed by atoms with E-state index < -0.39 is 6.10 Å². The molecule has 0 fully saturated rings. The molecule has 2 aromatic rings. The smallest absolute Gasteiger partial charge is 0.265 e. The highest BCUT2D eigenvalue weighted by Gasteiger charge is 2.16. The normalized spacial score (nSPS) is 11.9. The average Bonchev–Trinajstić information content (AvgIpc) is 2.47. The van der Waals surface area contributed by atoms with Crippen molar-refractivity contribution >= 4 is 23.2 Å². The lowest BCUT2D eigenvalue weighted by Crippen LogP contribution is -2.30. The topological polar surface area (TPSA) is 38.3 Å². The van der Waals surface area contributed by atoms with Crippen LogP contribution in [0.25, 0.3) is 0 Å². The first-order valence-electron chi connectivity index (χ1n) is 7.18. The van der Waals surface area contributed by atoms with Crippen LogP contribution in [0.2, 0.25) is 5.02 Å². The van der Waals surface area contributed by atoms with Crippen LogP contribution in [0.1, 0.15) is 23.6 Å². The molecule has 1 atom stereocenters. The summed E-state index contributed by atoms with van der Waals surface area (Å²) >= 11 is 6.06. The summed E-state index contributed by atoms with van der Waals surface area (Å²) in [5.74, 6) is 0.483. The van der Waals surface area contributed by atoms with Gasteiger partial charge < -0.3 is 10.1 Å². The predicted molar refractivity (Wildman–Crippen MR) is 90.8 cm³/mol. The predicted octanol–water partition coefficient (Wildman–Crippen LogP) is 4.67. The second kappa shape index (κ2) is 6.84. The zero-order valence-electron chi connectivity index (χ0n) is 13.2. The number of rotatable bonds is 4. The van der Waals surface area contributed by atoms with Crippen molar-refractivity contribution in [3.8, 4) is 5.75 Å². The lowest BCUT2D eigenvalue weighted by Gasteiger charge is -2.16. The molecule has 4 heteroatoms. The Kier molecular flexibility index (Phi) is 5.09. The second-order valence-corrected chi connectivity index (χ2v) is 5.81. The summed E-state index contributed by atoms with van der Waals surface area (Å²) in [7, 11) is 0. The van der Waals surface area contributed by atoms with Crippen LogP contribution in [-0.2, 0) is 4.79 Å². The van der Waals surface area contributed by atoms with E-state index in [4.69, 9.17) is 16.3 Å². The van der Waals surface area contributed by atoms with Crippen LogP contribution in [0.5, 0.6) is 5.75 Å². The van der Waals surface area contributed by atoms with Gasteiger partial charge in [0.1, 0.15) is 5.75 Å². The molecule has 1 amide bonds. The monoisotopic (exact) mass is 317 g/mol. The van der Waals surface area contributed by atoms with Crippen LogP contribution in [0.4, 0.5) is 5.69 Å². The van der Waals surface area contributed by atoms with Crippen molar-refractivity contribution < 1.29 is 9.53 Å². The Morgan fingerprint density at radius 1 is 1.14 bits per heavy atom. The number of amides is 1. The fourth-order valence-electron chi connectivity index (χ4n) is 2.02. The molecule has 0 aliphatic heterocycles. The number of hydrogen-bond acceptors (Lipinski definition) is 2. The zero-order valence-corrected chi connectivity index (χ0v) is 14.0. The van der Waals surface area contributed by atoms with Crippen LogP contribution < -0.4 is 10.1 Å². The van der Waals surface area contributed by atoms with Crippen LogP contribution in [0, 0.1) is 20.8 Å². The van der Waals surface area contributed by atoms with Crippen molar-refractivity contribution in [3.63, 3.8) is 0 Å². The van der Waals surface area contributed by atoms with Crippen molar-refractivity contribution in [3.05, 3.63) is 58.1 Å². The molecule has 116 valence electrons. The van der Waals surface area contributed by atoms with E-state index in [-0.39, 0.29) is 5.91 Å². The van der Waals surface area contributed by atoms with Crippen molar-refractivity contribution in [1.82, 2.24) is 0 Å². The molecule has 0 heterocycles. The number of nitrogens with one attached hydrogen (secondary N) is 1. The number of aryl methyl sites for hydroxylation is 2. The summed E-state index contributed by atoms with van der Waals surface area (Å²) in [4.78, 5) is 12.3. The second-order valence-electron chi connectivity index (χ2n) is 5.41. The van der Waals surface area contributed by atoms with Crippen LogP contribution in [-0.4, -0.2) is 12.0 Å². The van der Waals surface area contributed by atoms with Gasteiger partial charge >= 0.3 is 0 Å². The number of anilines is 1. The van der Waals surface area contributed by atoms with Gasteiger partial charge in [0.15, 0.2) is 6.10 Å². The highest BCUT2D eigenvalue weighted by Crippen LogP contribution is 2.23. The van der Waals surface area contributed by atoms with Crippen molar-refractivity contribution in [2.75, 3.05) is 5.32 Å². The molecule has 3 nitrogen and oxygen atoms in total. The molecule has 22 heavy (non-hydrogen) atoms. The molecule has 0 aliphatic carbocycles. The number of benzene rings is 2. The van der Waals surface area contributed by atoms with Gasteiger partial charge in [-0.3, -0.25) is 4.79 Å². The summed E-state index contributed by atoms with van der Waals surface area (Å²) in [6, 6.07) is 11.2. The molecule has 0 saturated heterocycles. The first-order chi connectivity index (χ1) is 10.4. The molecule has 0 unspecified atom stereocenters. The summed E-state index contributed by atoms with van der Waals surface area (Å²) in [5, 5.41) is 3.47. The summed E-state index contributed by atoms with van der Waals surface area (Å²) in [6.07, 6.45) is -0.597. The molecule has 0 radical (unpaired) electrons. The molecular formula is C18H20ClNO2. The Labute approximate surface area is 136 Å². The van der Waals surface area contributed by atoms with Crippen LogP contribution in [0.15, 0.2) is 36.4 Å². The van der Waals surface area contributed by atoms with Gasteiger partial charge in [0.05, 0.1) is 0 Å². The lowest BCUT2D eigenvalue weighted by atomic mass is 10.1. The molecule has 2 aromatic carbocycles. The van der Waals surface area contributed by atoms with E-state index in [2.05, 4.69) is 5.32 Å².